The number of unbranched alkanes of at least 4 members (excludes halogenated alkanes) is 1. The van der Waals surface area contributed by atoms with Crippen LogP contribution in [0.4, 0.5) is 0 Å². The van der Waals surface area contributed by atoms with Crippen molar-refractivity contribution in [2.45, 2.75) is 51.7 Å². The first-order valence-electron chi connectivity index (χ1n) is 6.69. The minimum atomic E-state index is 0.0294. The van der Waals surface area contributed by atoms with Crippen LogP contribution in [0.15, 0.2) is 5.10 Å². The van der Waals surface area contributed by atoms with Gasteiger partial charge in [-0.25, -0.2) is 0 Å². The summed E-state index contributed by atoms with van der Waals surface area (Å²) in [4.78, 5) is 0. The lowest BCUT2D eigenvalue weighted by atomic mass is 10.1. The van der Waals surface area contributed by atoms with Gasteiger partial charge in [0.2, 0.25) is 0 Å². The Bertz CT molecular complexity index is 223. The molecule has 17 heavy (non-hydrogen) atoms. The van der Waals surface area contributed by atoms with E-state index in [0.29, 0.717) is 0 Å². The van der Waals surface area contributed by atoms with Crippen molar-refractivity contribution in [2.24, 2.45) is 5.10 Å². The van der Waals surface area contributed by atoms with Crippen molar-refractivity contribution in [1.29, 1.82) is 0 Å². The van der Waals surface area contributed by atoms with Crippen LogP contribution >= 0.6 is 0 Å². The van der Waals surface area contributed by atoms with E-state index in [2.05, 4.69) is 12.0 Å². The van der Waals surface area contributed by atoms with E-state index < -0.39 is 0 Å². The molecule has 1 aliphatic heterocycles. The zero-order valence-electron chi connectivity index (χ0n) is 11.4. The fourth-order valence-corrected chi connectivity index (χ4v) is 1.94. The van der Waals surface area contributed by atoms with Crippen LogP contribution in [-0.4, -0.2) is 44.3 Å². The van der Waals surface area contributed by atoms with Gasteiger partial charge in [0.05, 0.1) is 13.2 Å². The van der Waals surface area contributed by atoms with Crippen molar-refractivity contribution < 1.29 is 9.47 Å². The second-order valence-electron chi connectivity index (χ2n) is 4.68. The van der Waals surface area contributed by atoms with Crippen LogP contribution in [0.2, 0.25) is 0 Å². The molecule has 1 fully saturated rings. The Morgan fingerprint density at radius 3 is 2.41 bits per heavy atom. The number of nitrogens with zero attached hydrogens (tertiary/aromatic N) is 2. The molecule has 0 unspecified atom stereocenters. The van der Waals surface area contributed by atoms with Crippen molar-refractivity contribution >= 4 is 5.71 Å². The first-order valence-corrected chi connectivity index (χ1v) is 6.69. The maximum Gasteiger partial charge on any atom is 0.157 e. The average Bonchev–Trinajstić information content (AvgIpc) is 2.78. The van der Waals surface area contributed by atoms with Gasteiger partial charge in [-0.1, -0.05) is 13.3 Å². The zero-order valence-corrected chi connectivity index (χ0v) is 11.4. The van der Waals surface area contributed by atoms with E-state index in [9.17, 15) is 0 Å². The van der Waals surface area contributed by atoms with Crippen LogP contribution in [-0.2, 0) is 9.47 Å². The molecular weight excluding hydrogens is 216 g/mol. The third-order valence-electron chi connectivity index (χ3n) is 2.76. The van der Waals surface area contributed by atoms with Crippen LogP contribution in [0.1, 0.15) is 45.4 Å². The molecule has 4 nitrogen and oxygen atoms in total. The highest BCUT2D eigenvalue weighted by Gasteiger charge is 2.15. The van der Waals surface area contributed by atoms with Gasteiger partial charge in [0, 0.05) is 19.8 Å². The van der Waals surface area contributed by atoms with Gasteiger partial charge >= 0.3 is 0 Å². The van der Waals surface area contributed by atoms with Crippen LogP contribution in [0.25, 0.3) is 0 Å². The summed E-state index contributed by atoms with van der Waals surface area (Å²) in [6, 6.07) is 0. The molecule has 0 atom stereocenters. The largest absolute Gasteiger partial charge is 0.350 e. The molecule has 0 radical (unpaired) electrons. The molecule has 100 valence electrons. The highest BCUT2D eigenvalue weighted by Crippen LogP contribution is 2.13. The van der Waals surface area contributed by atoms with Gasteiger partial charge in [-0.05, 0) is 32.1 Å². The Labute approximate surface area is 105 Å². The third-order valence-corrected chi connectivity index (χ3v) is 2.76. The monoisotopic (exact) mass is 242 g/mol. The quantitative estimate of drug-likeness (QED) is 0.485. The SMILES string of the molecule is CCCC/C(CCCC1OCCO1)=N\N(C)C. The molecule has 1 aliphatic rings. The molecule has 0 aromatic heterocycles. The van der Waals surface area contributed by atoms with Gasteiger partial charge in [-0.2, -0.15) is 5.10 Å². The van der Waals surface area contributed by atoms with Crippen LogP contribution in [0.3, 0.4) is 0 Å². The highest BCUT2D eigenvalue weighted by molar-refractivity contribution is 5.84. The van der Waals surface area contributed by atoms with Crippen LogP contribution < -0.4 is 0 Å². The predicted octanol–water partition coefficient (Wildman–Crippen LogP) is 2.64. The van der Waals surface area contributed by atoms with Gasteiger partial charge in [0.15, 0.2) is 6.29 Å². The Morgan fingerprint density at radius 2 is 1.82 bits per heavy atom. The minimum Gasteiger partial charge on any atom is -0.350 e. The molecule has 4 heteroatoms. The second-order valence-corrected chi connectivity index (χ2v) is 4.68. The Balaban J connectivity index is 2.22. The molecule has 0 N–H and O–H groups in total. The molecule has 0 amide bonds. The summed E-state index contributed by atoms with van der Waals surface area (Å²) < 4.78 is 10.8. The van der Waals surface area contributed by atoms with Crippen molar-refractivity contribution in [3.63, 3.8) is 0 Å². The summed E-state index contributed by atoms with van der Waals surface area (Å²) in [6.45, 7) is 3.71. The summed E-state index contributed by atoms with van der Waals surface area (Å²) in [5.74, 6) is 0. The van der Waals surface area contributed by atoms with Crippen molar-refractivity contribution in [1.82, 2.24) is 5.01 Å². The topological polar surface area (TPSA) is 34.1 Å². The summed E-state index contributed by atoms with van der Waals surface area (Å²) in [7, 11) is 3.96. The van der Waals surface area contributed by atoms with Crippen LogP contribution in [0, 0.1) is 0 Å². The first-order chi connectivity index (χ1) is 8.22. The Morgan fingerprint density at radius 1 is 1.18 bits per heavy atom. The fraction of sp³-hybridized carbons (Fsp3) is 0.923. The van der Waals surface area contributed by atoms with E-state index in [1.165, 1.54) is 18.6 Å². The number of ether oxygens (including phenoxy) is 2. The number of hydrogen-bond donors (Lipinski definition) is 0. The molecule has 0 spiro atoms. The maximum absolute atomic E-state index is 5.42. The highest BCUT2D eigenvalue weighted by atomic mass is 16.7. The maximum atomic E-state index is 5.42. The van der Waals surface area contributed by atoms with Crippen molar-refractivity contribution in [3.05, 3.63) is 0 Å². The van der Waals surface area contributed by atoms with Gasteiger partial charge in [0.1, 0.15) is 0 Å². The summed E-state index contributed by atoms with van der Waals surface area (Å²) >= 11 is 0. The number of rotatable bonds is 8. The van der Waals surface area contributed by atoms with E-state index in [4.69, 9.17) is 9.47 Å². The Hall–Kier alpha value is -0.610. The molecule has 0 aliphatic carbocycles. The van der Waals surface area contributed by atoms with Gasteiger partial charge in [-0.3, -0.25) is 0 Å². The Kier molecular flexibility index (Phi) is 7.21. The minimum absolute atomic E-state index is 0.0294. The zero-order chi connectivity index (χ0) is 12.5. The average molecular weight is 242 g/mol. The van der Waals surface area contributed by atoms with E-state index in [1.807, 2.05) is 19.1 Å². The molecule has 1 heterocycles. The van der Waals surface area contributed by atoms with Crippen molar-refractivity contribution in [2.75, 3.05) is 27.3 Å². The van der Waals surface area contributed by atoms with Gasteiger partial charge < -0.3 is 14.5 Å². The molecule has 0 saturated carbocycles. The molecule has 1 saturated heterocycles. The lowest BCUT2D eigenvalue weighted by Gasteiger charge is -2.12. The van der Waals surface area contributed by atoms with Crippen molar-refractivity contribution in [3.8, 4) is 0 Å². The molecule has 1 rings (SSSR count). The van der Waals surface area contributed by atoms with E-state index in [-0.39, 0.29) is 6.29 Å². The van der Waals surface area contributed by atoms with E-state index in [1.54, 1.807) is 0 Å². The third kappa shape index (κ3) is 6.64. The molecule has 0 bridgehead atoms. The summed E-state index contributed by atoms with van der Waals surface area (Å²) in [5, 5.41) is 6.44. The standard InChI is InChI=1S/C13H26N2O2/c1-4-5-7-12(14-15(2)3)8-6-9-13-16-10-11-17-13/h13H,4-11H2,1-3H3/b14-12+. The van der Waals surface area contributed by atoms with Gasteiger partial charge in [-0.15, -0.1) is 0 Å². The lowest BCUT2D eigenvalue weighted by Crippen LogP contribution is -2.11. The van der Waals surface area contributed by atoms with E-state index >= 15 is 0 Å². The predicted molar refractivity (Wildman–Crippen MR) is 70.2 cm³/mol. The lowest BCUT2D eigenvalue weighted by molar-refractivity contribution is -0.0473. The van der Waals surface area contributed by atoms with Gasteiger partial charge in [0.25, 0.3) is 0 Å². The first kappa shape index (κ1) is 14.5. The molecule has 0 aromatic carbocycles. The molecule has 0 aromatic rings. The number of hydrazone groups is 1. The normalized spacial score (nSPS) is 17.7. The fourth-order valence-electron chi connectivity index (χ4n) is 1.94. The summed E-state index contributed by atoms with van der Waals surface area (Å²) in [6.07, 6.45) is 6.73. The molecular formula is C13H26N2O2. The number of hydrogen-bond acceptors (Lipinski definition) is 4. The second kappa shape index (κ2) is 8.48. The van der Waals surface area contributed by atoms with Crippen LogP contribution in [0.5, 0.6) is 0 Å². The van der Waals surface area contributed by atoms with E-state index in [0.717, 1.165) is 38.9 Å². The summed E-state index contributed by atoms with van der Waals surface area (Å²) in [5.41, 5.74) is 1.30. The smallest absolute Gasteiger partial charge is 0.157 e.